The van der Waals surface area contributed by atoms with Crippen molar-refractivity contribution >= 4 is 40.4 Å². The molecule has 0 fully saturated rings. The summed E-state index contributed by atoms with van der Waals surface area (Å²) in [5, 5.41) is 3.22. The molecule has 0 aliphatic carbocycles. The molecule has 0 aromatic heterocycles. The molecule has 3 N–H and O–H groups in total. The zero-order valence-electron chi connectivity index (χ0n) is 10.0. The largest absolute Gasteiger partial charge is 0.389 e. The Kier molecular flexibility index (Phi) is 4.11. The first-order chi connectivity index (χ1) is 7.71. The minimum Gasteiger partial charge on any atom is -0.389 e. The summed E-state index contributed by atoms with van der Waals surface area (Å²) < 4.78 is 0. The number of benzene rings is 1. The van der Waals surface area contributed by atoms with E-state index >= 15 is 0 Å². The molecule has 17 heavy (non-hydrogen) atoms. The van der Waals surface area contributed by atoms with Gasteiger partial charge in [0.1, 0.15) is 4.99 Å². The van der Waals surface area contributed by atoms with Crippen molar-refractivity contribution in [1.82, 2.24) is 0 Å². The Labute approximate surface area is 111 Å². The highest BCUT2D eigenvalue weighted by atomic mass is 35.5. The fraction of sp³-hybridized carbons (Fsp3) is 0.333. The van der Waals surface area contributed by atoms with Crippen LogP contribution in [-0.2, 0) is 4.79 Å². The predicted octanol–water partition coefficient (Wildman–Crippen LogP) is 2.96. The lowest BCUT2D eigenvalue weighted by Crippen LogP contribution is -2.27. The van der Waals surface area contributed by atoms with Gasteiger partial charge in [0.2, 0.25) is 5.91 Å². The highest BCUT2D eigenvalue weighted by Gasteiger charge is 2.22. The Bertz CT molecular complexity index is 466. The molecule has 0 saturated carbocycles. The minimum atomic E-state index is -0.484. The summed E-state index contributed by atoms with van der Waals surface area (Å²) >= 11 is 10.9. The van der Waals surface area contributed by atoms with Crippen LogP contribution in [0, 0.1) is 5.41 Å². The van der Waals surface area contributed by atoms with Gasteiger partial charge in [0, 0.05) is 11.0 Å². The number of carbonyl (C=O) groups excluding carboxylic acids is 1. The Morgan fingerprint density at radius 1 is 1.41 bits per heavy atom. The SMILES string of the molecule is CC(C)(C)C(=O)Nc1cc(C(N)=S)ccc1Cl. The molecule has 0 bridgehead atoms. The maximum Gasteiger partial charge on any atom is 0.229 e. The third-order valence-electron chi connectivity index (χ3n) is 2.18. The van der Waals surface area contributed by atoms with Crippen LogP contribution in [0.2, 0.25) is 5.02 Å². The maximum absolute atomic E-state index is 11.8. The molecular formula is C12H15ClN2OS. The Hall–Kier alpha value is -1.13. The number of halogens is 1. The smallest absolute Gasteiger partial charge is 0.229 e. The van der Waals surface area contributed by atoms with Gasteiger partial charge < -0.3 is 11.1 Å². The van der Waals surface area contributed by atoms with Gasteiger partial charge in [-0.2, -0.15) is 0 Å². The first-order valence-corrected chi connectivity index (χ1v) is 5.91. The molecule has 0 atom stereocenters. The highest BCUT2D eigenvalue weighted by molar-refractivity contribution is 7.80. The first kappa shape index (κ1) is 13.9. The predicted molar refractivity (Wildman–Crippen MR) is 75.4 cm³/mol. The fourth-order valence-corrected chi connectivity index (χ4v) is 1.38. The summed E-state index contributed by atoms with van der Waals surface area (Å²) in [6, 6.07) is 5.06. The monoisotopic (exact) mass is 270 g/mol. The second-order valence-corrected chi connectivity index (χ2v) is 5.61. The normalized spacial score (nSPS) is 11.1. The zero-order valence-corrected chi connectivity index (χ0v) is 11.6. The second-order valence-electron chi connectivity index (χ2n) is 4.76. The van der Waals surface area contributed by atoms with Gasteiger partial charge in [0.05, 0.1) is 10.7 Å². The summed E-state index contributed by atoms with van der Waals surface area (Å²) in [4.78, 5) is 12.1. The average Bonchev–Trinajstić information content (AvgIpc) is 2.19. The fourth-order valence-electron chi connectivity index (χ4n) is 1.08. The third-order valence-corrected chi connectivity index (χ3v) is 2.75. The maximum atomic E-state index is 11.8. The molecule has 0 heterocycles. The molecule has 3 nitrogen and oxygen atoms in total. The lowest BCUT2D eigenvalue weighted by Gasteiger charge is -2.18. The quantitative estimate of drug-likeness (QED) is 0.813. The number of nitrogens with one attached hydrogen (secondary N) is 1. The van der Waals surface area contributed by atoms with Crippen molar-refractivity contribution in [2.24, 2.45) is 11.1 Å². The van der Waals surface area contributed by atoms with E-state index in [1.807, 2.05) is 20.8 Å². The summed E-state index contributed by atoms with van der Waals surface area (Å²) in [5.74, 6) is -0.112. The average molecular weight is 271 g/mol. The molecule has 0 aliphatic rings. The minimum absolute atomic E-state index is 0.112. The molecular weight excluding hydrogens is 256 g/mol. The lowest BCUT2D eigenvalue weighted by atomic mass is 9.95. The highest BCUT2D eigenvalue weighted by Crippen LogP contribution is 2.25. The van der Waals surface area contributed by atoms with Crippen LogP contribution in [0.15, 0.2) is 18.2 Å². The standard InChI is InChI=1S/C12H15ClN2OS/c1-12(2,3)11(16)15-9-6-7(10(14)17)4-5-8(9)13/h4-6H,1-3H3,(H2,14,17)(H,15,16). The first-order valence-electron chi connectivity index (χ1n) is 5.12. The Balaban J connectivity index is 3.02. The Morgan fingerprint density at radius 3 is 2.47 bits per heavy atom. The molecule has 0 spiro atoms. The van der Waals surface area contributed by atoms with Crippen molar-refractivity contribution in [3.8, 4) is 0 Å². The van der Waals surface area contributed by atoms with Crippen LogP contribution in [0.5, 0.6) is 0 Å². The van der Waals surface area contributed by atoms with Crippen molar-refractivity contribution in [3.63, 3.8) is 0 Å². The summed E-state index contributed by atoms with van der Waals surface area (Å²) in [7, 11) is 0. The Morgan fingerprint density at radius 2 is 2.00 bits per heavy atom. The number of hydrogen-bond acceptors (Lipinski definition) is 2. The van der Waals surface area contributed by atoms with E-state index in [4.69, 9.17) is 29.6 Å². The summed E-state index contributed by atoms with van der Waals surface area (Å²) in [6.07, 6.45) is 0. The van der Waals surface area contributed by atoms with E-state index in [1.165, 1.54) is 0 Å². The molecule has 1 rings (SSSR count). The van der Waals surface area contributed by atoms with Gasteiger partial charge in [0.15, 0.2) is 0 Å². The van der Waals surface area contributed by atoms with Crippen molar-refractivity contribution in [1.29, 1.82) is 0 Å². The van der Waals surface area contributed by atoms with E-state index in [0.29, 0.717) is 16.3 Å². The number of carbonyl (C=O) groups is 1. The molecule has 1 aromatic rings. The van der Waals surface area contributed by atoms with Crippen LogP contribution in [0.4, 0.5) is 5.69 Å². The lowest BCUT2D eigenvalue weighted by molar-refractivity contribution is -0.123. The molecule has 0 saturated heterocycles. The number of thiocarbonyl (C=S) groups is 1. The molecule has 0 unspecified atom stereocenters. The van der Waals surface area contributed by atoms with Gasteiger partial charge in [-0.25, -0.2) is 0 Å². The van der Waals surface area contributed by atoms with E-state index < -0.39 is 5.41 Å². The summed E-state index contributed by atoms with van der Waals surface area (Å²) in [6.45, 7) is 5.48. The van der Waals surface area contributed by atoms with E-state index in [0.717, 1.165) is 0 Å². The second kappa shape index (κ2) is 5.02. The van der Waals surface area contributed by atoms with Crippen LogP contribution >= 0.6 is 23.8 Å². The van der Waals surface area contributed by atoms with Crippen LogP contribution in [0.1, 0.15) is 26.3 Å². The topological polar surface area (TPSA) is 55.1 Å². The van der Waals surface area contributed by atoms with E-state index in [9.17, 15) is 4.79 Å². The number of rotatable bonds is 2. The van der Waals surface area contributed by atoms with Gasteiger partial charge in [-0.15, -0.1) is 0 Å². The summed E-state index contributed by atoms with van der Waals surface area (Å²) in [5.41, 5.74) is 6.24. The van der Waals surface area contributed by atoms with Crippen molar-refractivity contribution in [3.05, 3.63) is 28.8 Å². The van der Waals surface area contributed by atoms with Gasteiger partial charge in [0.25, 0.3) is 0 Å². The molecule has 0 aliphatic heterocycles. The van der Waals surface area contributed by atoms with Crippen molar-refractivity contribution < 1.29 is 4.79 Å². The van der Waals surface area contributed by atoms with Crippen LogP contribution in [-0.4, -0.2) is 10.9 Å². The van der Waals surface area contributed by atoms with E-state index in [-0.39, 0.29) is 10.9 Å². The number of hydrogen-bond donors (Lipinski definition) is 2. The molecule has 5 heteroatoms. The van der Waals surface area contributed by atoms with Crippen molar-refractivity contribution in [2.75, 3.05) is 5.32 Å². The van der Waals surface area contributed by atoms with E-state index in [1.54, 1.807) is 18.2 Å². The third kappa shape index (κ3) is 3.68. The van der Waals surface area contributed by atoms with Crippen LogP contribution in [0.25, 0.3) is 0 Å². The van der Waals surface area contributed by atoms with E-state index in [2.05, 4.69) is 5.32 Å². The van der Waals surface area contributed by atoms with Crippen LogP contribution in [0.3, 0.4) is 0 Å². The number of anilines is 1. The molecule has 92 valence electrons. The van der Waals surface area contributed by atoms with Crippen molar-refractivity contribution in [2.45, 2.75) is 20.8 Å². The molecule has 1 amide bonds. The zero-order chi connectivity index (χ0) is 13.2. The molecule has 1 aromatic carbocycles. The molecule has 0 radical (unpaired) electrons. The number of amides is 1. The van der Waals surface area contributed by atoms with Gasteiger partial charge >= 0.3 is 0 Å². The number of nitrogens with two attached hydrogens (primary N) is 1. The van der Waals surface area contributed by atoms with Crippen LogP contribution < -0.4 is 11.1 Å². The van der Waals surface area contributed by atoms with Gasteiger partial charge in [-0.05, 0) is 12.1 Å². The van der Waals surface area contributed by atoms with Gasteiger partial charge in [-0.1, -0.05) is 50.7 Å². The van der Waals surface area contributed by atoms with Gasteiger partial charge in [-0.3, -0.25) is 4.79 Å².